The highest BCUT2D eigenvalue weighted by Gasteiger charge is 2.53. The smallest absolute Gasteiger partial charge is 0.308 e. The molecule has 6 atom stereocenters. The van der Waals surface area contributed by atoms with Crippen molar-refractivity contribution in [2.24, 2.45) is 23.7 Å². The average Bonchev–Trinajstić information content (AvgIpc) is 2.95. The van der Waals surface area contributed by atoms with Gasteiger partial charge in [0.2, 0.25) is 0 Å². The van der Waals surface area contributed by atoms with Crippen LogP contribution in [0.2, 0.25) is 0 Å². The largest absolute Gasteiger partial charge is 0.481 e. The highest BCUT2D eigenvalue weighted by atomic mass is 16.4. The van der Waals surface area contributed by atoms with Crippen LogP contribution in [0.15, 0.2) is 0 Å². The number of fused-ring (bicyclic) bond motifs is 2. The summed E-state index contributed by atoms with van der Waals surface area (Å²) in [5, 5.41) is 9.45. The summed E-state index contributed by atoms with van der Waals surface area (Å²) in [5.74, 6) is 1.63. The number of carboxylic acids is 1. The normalized spacial score (nSPS) is 45.2. The Balaban J connectivity index is 1.81. The van der Waals surface area contributed by atoms with Crippen LogP contribution in [-0.4, -0.2) is 34.1 Å². The molecule has 3 fully saturated rings. The molecule has 3 rings (SSSR count). The lowest BCUT2D eigenvalue weighted by Crippen LogP contribution is -2.49. The number of aliphatic carboxylic acids is 1. The summed E-state index contributed by atoms with van der Waals surface area (Å²) in [6.45, 7) is 7.07. The number of rotatable bonds is 3. The molecule has 3 aliphatic rings. The van der Waals surface area contributed by atoms with Crippen molar-refractivity contribution < 1.29 is 9.90 Å². The maximum absolute atomic E-state index is 11.5. The van der Waals surface area contributed by atoms with Gasteiger partial charge in [-0.2, -0.15) is 0 Å². The van der Waals surface area contributed by atoms with Crippen LogP contribution in [0.1, 0.15) is 59.3 Å². The lowest BCUT2D eigenvalue weighted by molar-refractivity contribution is -0.142. The Hall–Kier alpha value is -0.570. The zero-order chi connectivity index (χ0) is 14.4. The van der Waals surface area contributed by atoms with Crippen LogP contribution >= 0.6 is 0 Å². The van der Waals surface area contributed by atoms with Crippen molar-refractivity contribution in [3.63, 3.8) is 0 Å². The van der Waals surface area contributed by atoms with Crippen molar-refractivity contribution in [2.45, 2.75) is 77.4 Å². The summed E-state index contributed by atoms with van der Waals surface area (Å²) < 4.78 is 0. The molecule has 1 saturated carbocycles. The van der Waals surface area contributed by atoms with Gasteiger partial charge in [-0.05, 0) is 49.9 Å². The summed E-state index contributed by atoms with van der Waals surface area (Å²) in [6, 6.07) is 1.52. The fourth-order valence-corrected chi connectivity index (χ4v) is 5.31. The highest BCUT2D eigenvalue weighted by Crippen LogP contribution is 2.48. The van der Waals surface area contributed by atoms with Gasteiger partial charge in [-0.25, -0.2) is 0 Å². The van der Waals surface area contributed by atoms with Gasteiger partial charge in [-0.15, -0.1) is 0 Å². The number of carboxylic acid groups (broad SMARTS) is 1. The summed E-state index contributed by atoms with van der Waals surface area (Å²) in [7, 11) is 0. The molecule has 114 valence electrons. The molecule has 0 amide bonds. The monoisotopic (exact) mass is 279 g/mol. The van der Waals surface area contributed by atoms with Crippen LogP contribution in [0.4, 0.5) is 0 Å². The molecule has 0 radical (unpaired) electrons. The van der Waals surface area contributed by atoms with E-state index in [2.05, 4.69) is 25.7 Å². The van der Waals surface area contributed by atoms with Crippen molar-refractivity contribution in [1.29, 1.82) is 0 Å². The molecule has 6 unspecified atom stereocenters. The fourth-order valence-electron chi connectivity index (χ4n) is 5.31. The van der Waals surface area contributed by atoms with Gasteiger partial charge in [-0.3, -0.25) is 9.69 Å². The topological polar surface area (TPSA) is 40.5 Å². The third kappa shape index (κ3) is 2.28. The van der Waals surface area contributed by atoms with Crippen LogP contribution in [0.5, 0.6) is 0 Å². The van der Waals surface area contributed by atoms with Crippen LogP contribution in [0, 0.1) is 23.7 Å². The number of hydrogen-bond donors (Lipinski definition) is 1. The number of hydrogen-bond acceptors (Lipinski definition) is 2. The maximum atomic E-state index is 11.5. The van der Waals surface area contributed by atoms with Crippen LogP contribution in [-0.2, 0) is 4.79 Å². The predicted octanol–water partition coefficient (Wildman–Crippen LogP) is 3.38. The fraction of sp³-hybridized carbons (Fsp3) is 0.941. The summed E-state index contributed by atoms with van der Waals surface area (Å²) in [4.78, 5) is 14.1. The van der Waals surface area contributed by atoms with Gasteiger partial charge in [0, 0.05) is 18.1 Å². The Morgan fingerprint density at radius 1 is 1.10 bits per heavy atom. The lowest BCUT2D eigenvalue weighted by atomic mass is 9.73. The van der Waals surface area contributed by atoms with E-state index < -0.39 is 5.97 Å². The third-order valence-corrected chi connectivity index (χ3v) is 6.28. The molecule has 1 aliphatic carbocycles. The van der Waals surface area contributed by atoms with E-state index in [-0.39, 0.29) is 5.92 Å². The standard InChI is InChI=1S/C17H29NO2/c1-10(2)13-6-4-11(3)8-16(13)18-12-5-7-15(18)14(9-12)17(19)20/h10-16H,4-9H2,1-3H3,(H,19,20). The van der Waals surface area contributed by atoms with Gasteiger partial charge in [0.05, 0.1) is 5.92 Å². The number of carbonyl (C=O) groups is 1. The Bertz CT molecular complexity index is 381. The molecular formula is C17H29NO2. The highest BCUT2D eigenvalue weighted by molar-refractivity contribution is 5.71. The van der Waals surface area contributed by atoms with Crippen molar-refractivity contribution in [1.82, 2.24) is 4.90 Å². The molecule has 1 N–H and O–H groups in total. The van der Waals surface area contributed by atoms with Crippen LogP contribution in [0.3, 0.4) is 0 Å². The van der Waals surface area contributed by atoms with Gasteiger partial charge in [-0.1, -0.05) is 27.2 Å². The minimum atomic E-state index is -0.563. The zero-order valence-electron chi connectivity index (χ0n) is 13.1. The van der Waals surface area contributed by atoms with Gasteiger partial charge in [0.1, 0.15) is 0 Å². The second-order valence-corrected chi connectivity index (χ2v) is 7.82. The van der Waals surface area contributed by atoms with Gasteiger partial charge in [0.15, 0.2) is 0 Å². The lowest BCUT2D eigenvalue weighted by Gasteiger charge is -2.44. The number of nitrogens with zero attached hydrogens (tertiary/aromatic N) is 1. The summed E-state index contributed by atoms with van der Waals surface area (Å²) >= 11 is 0. The molecule has 3 heteroatoms. The first kappa shape index (κ1) is 14.4. The molecular weight excluding hydrogens is 250 g/mol. The van der Waals surface area contributed by atoms with Gasteiger partial charge >= 0.3 is 5.97 Å². The Kier molecular flexibility index (Phi) is 3.83. The quantitative estimate of drug-likeness (QED) is 0.861. The van der Waals surface area contributed by atoms with E-state index in [1.54, 1.807) is 0 Å². The van der Waals surface area contributed by atoms with E-state index in [9.17, 15) is 9.90 Å². The molecule has 2 bridgehead atoms. The van der Waals surface area contributed by atoms with E-state index >= 15 is 0 Å². The Labute approximate surface area is 122 Å². The minimum Gasteiger partial charge on any atom is -0.481 e. The summed E-state index contributed by atoms with van der Waals surface area (Å²) in [5.41, 5.74) is 0. The van der Waals surface area contributed by atoms with Crippen molar-refractivity contribution in [3.8, 4) is 0 Å². The molecule has 0 aromatic heterocycles. The molecule has 2 aliphatic heterocycles. The van der Waals surface area contributed by atoms with Gasteiger partial charge in [0.25, 0.3) is 0 Å². The molecule has 0 spiro atoms. The summed E-state index contributed by atoms with van der Waals surface area (Å²) in [6.07, 6.45) is 7.20. The van der Waals surface area contributed by atoms with Crippen LogP contribution in [0.25, 0.3) is 0 Å². The first-order valence-corrected chi connectivity index (χ1v) is 8.49. The first-order chi connectivity index (χ1) is 9.49. The van der Waals surface area contributed by atoms with E-state index in [0.717, 1.165) is 30.6 Å². The molecule has 0 aromatic carbocycles. The van der Waals surface area contributed by atoms with Crippen molar-refractivity contribution >= 4 is 5.97 Å². The predicted molar refractivity (Wildman–Crippen MR) is 79.5 cm³/mol. The van der Waals surface area contributed by atoms with Crippen molar-refractivity contribution in [2.75, 3.05) is 0 Å². The first-order valence-electron chi connectivity index (χ1n) is 8.49. The average molecular weight is 279 g/mol. The molecule has 0 aromatic rings. The molecule has 2 saturated heterocycles. The van der Waals surface area contributed by atoms with Gasteiger partial charge < -0.3 is 5.11 Å². The molecule has 2 heterocycles. The zero-order valence-corrected chi connectivity index (χ0v) is 13.1. The van der Waals surface area contributed by atoms with E-state index in [1.807, 2.05) is 0 Å². The Morgan fingerprint density at radius 2 is 1.85 bits per heavy atom. The molecule has 3 nitrogen and oxygen atoms in total. The second kappa shape index (κ2) is 5.32. The van der Waals surface area contributed by atoms with E-state index in [0.29, 0.717) is 18.1 Å². The van der Waals surface area contributed by atoms with Crippen LogP contribution < -0.4 is 0 Å². The third-order valence-electron chi connectivity index (χ3n) is 6.28. The maximum Gasteiger partial charge on any atom is 0.308 e. The Morgan fingerprint density at radius 3 is 2.45 bits per heavy atom. The SMILES string of the molecule is CC1CCC(C(C)C)C(N2C3CCC2C(C(=O)O)C3)C1. The van der Waals surface area contributed by atoms with E-state index in [4.69, 9.17) is 0 Å². The van der Waals surface area contributed by atoms with E-state index in [1.165, 1.54) is 25.7 Å². The molecule has 20 heavy (non-hydrogen) atoms. The van der Waals surface area contributed by atoms with Crippen molar-refractivity contribution in [3.05, 3.63) is 0 Å². The minimum absolute atomic E-state index is 0.0983. The second-order valence-electron chi connectivity index (χ2n) is 7.82.